The molecule has 17 nitrogen and oxygen atoms in total. The second-order valence-electron chi connectivity index (χ2n) is 13.7. The third kappa shape index (κ3) is 17.9. The van der Waals surface area contributed by atoms with Crippen LogP contribution in [0.25, 0.3) is 0 Å². The van der Waals surface area contributed by atoms with Crippen molar-refractivity contribution in [2.24, 2.45) is 13.0 Å². The van der Waals surface area contributed by atoms with Crippen molar-refractivity contribution in [3.05, 3.63) is 82.2 Å². The van der Waals surface area contributed by atoms with Crippen LogP contribution in [0.4, 0.5) is 24.5 Å². The molecule has 0 atom stereocenters. The van der Waals surface area contributed by atoms with Crippen LogP contribution in [-0.2, 0) is 80.8 Å². The van der Waals surface area contributed by atoms with Gasteiger partial charge in [0.15, 0.2) is 5.78 Å². The summed E-state index contributed by atoms with van der Waals surface area (Å²) < 4.78 is 133. The Balaban J connectivity index is 0.000000448. The van der Waals surface area contributed by atoms with Crippen LogP contribution >= 0.6 is 0 Å². The molecule has 0 radical (unpaired) electrons. The molecule has 0 spiro atoms. The third-order valence-corrected chi connectivity index (χ3v) is 10.9. The maximum absolute atomic E-state index is 12.3. The van der Waals surface area contributed by atoms with Gasteiger partial charge >= 0.3 is 15.5 Å². The van der Waals surface area contributed by atoms with Gasteiger partial charge in [-0.2, -0.15) is 21.6 Å². The lowest BCUT2D eigenvalue weighted by molar-refractivity contribution is -0.119. The molecule has 3 N–H and O–H groups in total. The lowest BCUT2D eigenvalue weighted by Crippen LogP contribution is -2.34. The van der Waals surface area contributed by atoms with Gasteiger partial charge in [0, 0.05) is 32.3 Å². The fourth-order valence-corrected chi connectivity index (χ4v) is 7.76. The number of carbonyl (C=O) groups excluding carboxylic acids is 4. The number of nitrogens with one attached hydrogen (secondary N) is 3. The highest BCUT2D eigenvalue weighted by atomic mass is 32.2. The Morgan fingerprint density at radius 2 is 1.27 bits per heavy atom. The Morgan fingerprint density at radius 1 is 0.746 bits per heavy atom. The van der Waals surface area contributed by atoms with Crippen molar-refractivity contribution in [3.63, 3.8) is 0 Å². The molecule has 0 saturated heterocycles. The average molecular weight is 916 g/mol. The molecule has 2 aromatic carbocycles. The summed E-state index contributed by atoms with van der Waals surface area (Å²) in [6.45, 7) is 10.00. The zero-order valence-corrected chi connectivity index (χ0v) is 37.1. The van der Waals surface area contributed by atoms with Crippen LogP contribution in [0, 0.1) is 19.8 Å². The van der Waals surface area contributed by atoms with E-state index in [0.717, 1.165) is 61.4 Å². The minimum Gasteiger partial charge on any atom is -0.345 e. The highest BCUT2D eigenvalue weighted by Gasteiger charge is 2.46. The Bertz CT molecular complexity index is 2500. The van der Waals surface area contributed by atoms with E-state index in [2.05, 4.69) is 19.9 Å². The lowest BCUT2D eigenvalue weighted by atomic mass is 9.97. The van der Waals surface area contributed by atoms with Crippen LogP contribution in [0.15, 0.2) is 48.5 Å². The molecule has 59 heavy (non-hydrogen) atoms. The first-order chi connectivity index (χ1) is 26.5. The minimum absolute atomic E-state index is 0.0842. The molecule has 1 aromatic heterocycles. The van der Waals surface area contributed by atoms with Crippen molar-refractivity contribution in [1.29, 1.82) is 0 Å². The molecule has 1 heterocycles. The largest absolute Gasteiger partial charge is 0.516 e. The molecule has 3 rings (SSSR count). The van der Waals surface area contributed by atoms with Crippen LogP contribution in [0.3, 0.4) is 0 Å². The van der Waals surface area contributed by atoms with E-state index >= 15 is 0 Å². The average Bonchev–Trinajstić information content (AvgIpc) is 3.36. The number of halogens is 3. The Labute approximate surface area is 343 Å². The molecule has 3 amide bonds. The summed E-state index contributed by atoms with van der Waals surface area (Å²) in [6.07, 6.45) is 3.67. The maximum atomic E-state index is 12.3. The summed E-state index contributed by atoms with van der Waals surface area (Å²) in [5, 5.41) is 0. The smallest absolute Gasteiger partial charge is 0.345 e. The van der Waals surface area contributed by atoms with Gasteiger partial charge in [0.05, 0.1) is 43.0 Å². The predicted molar refractivity (Wildman–Crippen MR) is 216 cm³/mol. The van der Waals surface area contributed by atoms with E-state index in [1.165, 1.54) is 24.1 Å². The minimum atomic E-state index is -5.59. The van der Waals surface area contributed by atoms with Gasteiger partial charge in [0.1, 0.15) is 0 Å². The fraction of sp³-hybridized carbons (Fsp3) is 0.429. The van der Waals surface area contributed by atoms with Crippen molar-refractivity contribution < 1.29 is 66.0 Å². The van der Waals surface area contributed by atoms with Gasteiger partial charge in [-0.1, -0.05) is 32.0 Å². The van der Waals surface area contributed by atoms with Gasteiger partial charge in [0.25, 0.3) is 0 Å². The van der Waals surface area contributed by atoms with Gasteiger partial charge in [-0.3, -0.25) is 33.3 Å². The molecule has 0 bridgehead atoms. The SMILES string of the molecule is CC(=O)N(c1ccc(NS(=O)(=O)C(F)(F)F)cc1C)S(C)(=O)=O.CC(=O)c1ccc(CC(=O)NS(C)(=O)=O)n1C.Cc1cc(CC(C)C)ccc1CC(=O)NS(C)(=O)=O. The number of sulfonamides is 4. The second-order valence-corrected chi connectivity index (χ2v) is 20.7. The molecule has 330 valence electrons. The summed E-state index contributed by atoms with van der Waals surface area (Å²) in [6, 6.07) is 12.1. The fourth-order valence-electron chi connectivity index (χ4n) is 5.20. The summed E-state index contributed by atoms with van der Waals surface area (Å²) in [7, 11) is -14.9. The first kappa shape index (κ1) is 52.2. The molecule has 0 unspecified atom stereocenters. The van der Waals surface area contributed by atoms with Crippen LogP contribution in [0.1, 0.15) is 66.1 Å². The molecule has 0 aliphatic rings. The topological polar surface area (TPSA) is 249 Å². The number of ketones is 1. The number of hydrogen-bond donors (Lipinski definition) is 3. The van der Waals surface area contributed by atoms with E-state index in [1.54, 1.807) is 23.7 Å². The van der Waals surface area contributed by atoms with Gasteiger partial charge in [0.2, 0.25) is 47.8 Å². The normalized spacial score (nSPS) is 12.0. The van der Waals surface area contributed by atoms with E-state index in [-0.39, 0.29) is 29.9 Å². The van der Waals surface area contributed by atoms with Gasteiger partial charge in [-0.05, 0) is 78.8 Å². The zero-order valence-electron chi connectivity index (χ0n) is 33.9. The van der Waals surface area contributed by atoms with E-state index in [4.69, 9.17) is 0 Å². The molecule has 0 aliphatic carbocycles. The number of alkyl halides is 3. The summed E-state index contributed by atoms with van der Waals surface area (Å²) in [4.78, 5) is 45.6. The highest BCUT2D eigenvalue weighted by molar-refractivity contribution is 7.93. The molecule has 0 aliphatic heterocycles. The second kappa shape index (κ2) is 20.4. The number of hydrogen-bond acceptors (Lipinski definition) is 12. The number of nitrogens with zero attached hydrogens (tertiary/aromatic N) is 2. The van der Waals surface area contributed by atoms with E-state index in [1.807, 2.05) is 28.5 Å². The van der Waals surface area contributed by atoms with Crippen molar-refractivity contribution >= 4 is 75.0 Å². The highest BCUT2D eigenvalue weighted by Crippen LogP contribution is 2.29. The quantitative estimate of drug-likeness (QED) is 0.209. The summed E-state index contributed by atoms with van der Waals surface area (Å²) in [5.74, 6) is -1.47. The molecular formula is C35H48F3N5O12S4. The van der Waals surface area contributed by atoms with Crippen molar-refractivity contribution in [2.75, 3.05) is 27.8 Å². The predicted octanol–water partition coefficient (Wildman–Crippen LogP) is 3.23. The van der Waals surface area contributed by atoms with Gasteiger partial charge < -0.3 is 4.57 Å². The summed E-state index contributed by atoms with van der Waals surface area (Å²) in [5.41, 5.74) is -1.74. The van der Waals surface area contributed by atoms with Crippen molar-refractivity contribution in [2.45, 2.75) is 66.3 Å². The van der Waals surface area contributed by atoms with Crippen molar-refractivity contribution in [1.82, 2.24) is 14.0 Å². The Morgan fingerprint density at radius 3 is 1.66 bits per heavy atom. The lowest BCUT2D eigenvalue weighted by Gasteiger charge is -2.21. The maximum Gasteiger partial charge on any atom is 0.516 e. The first-order valence-electron chi connectivity index (χ1n) is 17.0. The van der Waals surface area contributed by atoms with Crippen LogP contribution < -0.4 is 18.5 Å². The number of benzene rings is 2. The number of Topliss-reactive ketones (excluding diaryl/α,β-unsaturated/α-hetero) is 1. The number of rotatable bonds is 13. The van der Waals surface area contributed by atoms with Crippen LogP contribution in [0.5, 0.6) is 0 Å². The Hall–Kier alpha value is -4.81. The van der Waals surface area contributed by atoms with Gasteiger partial charge in [-0.15, -0.1) is 0 Å². The molecular weight excluding hydrogens is 868 g/mol. The monoisotopic (exact) mass is 915 g/mol. The number of aryl methyl sites for hydroxylation is 2. The van der Waals surface area contributed by atoms with E-state index < -0.39 is 69.0 Å². The summed E-state index contributed by atoms with van der Waals surface area (Å²) >= 11 is 0. The van der Waals surface area contributed by atoms with Crippen LogP contribution in [-0.4, -0.2) is 86.0 Å². The van der Waals surface area contributed by atoms with Crippen LogP contribution in [0.2, 0.25) is 0 Å². The number of aromatic nitrogens is 1. The van der Waals surface area contributed by atoms with E-state index in [0.29, 0.717) is 21.6 Å². The number of amides is 3. The number of carbonyl (C=O) groups is 4. The van der Waals surface area contributed by atoms with E-state index in [9.17, 15) is 66.0 Å². The Kier molecular flexibility index (Phi) is 18.1. The standard InChI is InChI=1S/C14H21NO3S.C11H13F3N2O5S2.C10H14N2O4S/c1-10(2)7-12-5-6-13(11(3)8-12)9-14(16)15-19(4,17)18;1-7-6-9(15-23(20,21)11(12,13)14)4-5-10(7)16(8(2)17)22(3,18)19;1-7(13)9-5-4-8(12(9)2)6-10(14)11-17(3,15)16/h5-6,8,10H,7,9H2,1-4H3,(H,15,16);4-6,15H,1-3H3;4-5H,6H2,1-3H3,(H,11,14). The molecule has 0 saturated carbocycles. The number of anilines is 2. The third-order valence-electron chi connectivity index (χ3n) is 7.52. The molecule has 3 aromatic rings. The van der Waals surface area contributed by atoms with Crippen molar-refractivity contribution in [3.8, 4) is 0 Å². The zero-order chi connectivity index (χ0) is 46.1. The first-order valence-corrected chi connectivity index (χ1v) is 24.1. The molecule has 24 heteroatoms. The van der Waals surface area contributed by atoms with Gasteiger partial charge in [-0.25, -0.2) is 29.6 Å². The molecule has 0 fully saturated rings.